The van der Waals surface area contributed by atoms with Crippen molar-refractivity contribution in [3.05, 3.63) is 65.9 Å². The summed E-state index contributed by atoms with van der Waals surface area (Å²) in [4.78, 5) is 4.43. The molecule has 0 amide bonds. The van der Waals surface area contributed by atoms with Gasteiger partial charge in [0.15, 0.2) is 0 Å². The van der Waals surface area contributed by atoms with E-state index in [0.717, 1.165) is 12.1 Å². The summed E-state index contributed by atoms with van der Waals surface area (Å²) in [6.45, 7) is 7.57. The molecule has 2 aromatic heterocycles. The van der Waals surface area contributed by atoms with E-state index in [1.54, 1.807) is 0 Å². The van der Waals surface area contributed by atoms with Gasteiger partial charge in [0.2, 0.25) is 0 Å². The van der Waals surface area contributed by atoms with E-state index in [0.29, 0.717) is 0 Å². The van der Waals surface area contributed by atoms with E-state index in [-0.39, 0.29) is 0 Å². The van der Waals surface area contributed by atoms with Gasteiger partial charge in [-0.2, -0.15) is 0 Å². The Bertz CT molecular complexity index is 1020. The van der Waals surface area contributed by atoms with Crippen LogP contribution in [0.4, 0.5) is 0 Å². The molecule has 2 aromatic carbocycles. The molecule has 114 valence electrons. The van der Waals surface area contributed by atoms with E-state index in [2.05, 4.69) is 72.8 Å². The molecule has 0 saturated heterocycles. The molecule has 0 fully saturated rings. The Hall–Kier alpha value is -2.61. The number of aromatic nitrogens is 2. The Morgan fingerprint density at radius 3 is 2.70 bits per heavy atom. The predicted molar refractivity (Wildman–Crippen MR) is 97.8 cm³/mol. The monoisotopic (exact) mass is 300 g/mol. The first kappa shape index (κ1) is 14.0. The Morgan fingerprint density at radius 2 is 1.87 bits per heavy atom. The third kappa shape index (κ3) is 2.14. The van der Waals surface area contributed by atoms with Gasteiger partial charge in [0.25, 0.3) is 0 Å². The lowest BCUT2D eigenvalue weighted by molar-refractivity contribution is 0.803. The molecule has 4 rings (SSSR count). The number of rotatable bonds is 2. The lowest BCUT2D eigenvalue weighted by Crippen LogP contribution is -1.97. The number of aryl methyl sites for hydroxylation is 3. The SMILES string of the molecule is CCn1c(-c2ccc3ncccc3c2)c(C)c2ccc(C)cc21. The normalized spacial score (nSPS) is 11.4. The van der Waals surface area contributed by atoms with Crippen molar-refractivity contribution in [3.8, 4) is 11.3 Å². The maximum atomic E-state index is 4.43. The number of hydrogen-bond acceptors (Lipinski definition) is 1. The lowest BCUT2D eigenvalue weighted by atomic mass is 10.0. The maximum Gasteiger partial charge on any atom is 0.0702 e. The first-order chi connectivity index (χ1) is 11.2. The minimum atomic E-state index is 0.966. The highest BCUT2D eigenvalue weighted by molar-refractivity contribution is 5.94. The number of nitrogens with zero attached hydrogens (tertiary/aromatic N) is 2. The van der Waals surface area contributed by atoms with Crippen molar-refractivity contribution in [2.45, 2.75) is 27.3 Å². The van der Waals surface area contributed by atoms with Gasteiger partial charge < -0.3 is 4.57 Å². The van der Waals surface area contributed by atoms with Crippen LogP contribution in [0.2, 0.25) is 0 Å². The standard InChI is InChI=1S/C21H20N2/c1-4-23-20-12-14(2)7-9-18(20)15(3)21(23)17-8-10-19-16(13-17)6-5-11-22-19/h5-13H,4H2,1-3H3. The van der Waals surface area contributed by atoms with Gasteiger partial charge in [-0.1, -0.05) is 24.3 Å². The van der Waals surface area contributed by atoms with Crippen molar-refractivity contribution < 1.29 is 0 Å². The number of benzene rings is 2. The van der Waals surface area contributed by atoms with Crippen LogP contribution in [0.5, 0.6) is 0 Å². The van der Waals surface area contributed by atoms with Crippen molar-refractivity contribution >= 4 is 21.8 Å². The molecule has 0 unspecified atom stereocenters. The maximum absolute atomic E-state index is 4.43. The molecule has 0 N–H and O–H groups in total. The van der Waals surface area contributed by atoms with Crippen molar-refractivity contribution in [1.29, 1.82) is 0 Å². The van der Waals surface area contributed by atoms with Gasteiger partial charge in [-0.05, 0) is 61.7 Å². The van der Waals surface area contributed by atoms with Crippen molar-refractivity contribution in [3.63, 3.8) is 0 Å². The van der Waals surface area contributed by atoms with Crippen molar-refractivity contribution in [2.24, 2.45) is 0 Å². The van der Waals surface area contributed by atoms with Crippen LogP contribution in [-0.2, 0) is 6.54 Å². The van der Waals surface area contributed by atoms with Crippen LogP contribution < -0.4 is 0 Å². The third-order valence-corrected chi connectivity index (χ3v) is 4.67. The van der Waals surface area contributed by atoms with Crippen LogP contribution in [0.15, 0.2) is 54.7 Å². The topological polar surface area (TPSA) is 17.8 Å². The molecule has 0 aliphatic carbocycles. The second kappa shape index (κ2) is 5.24. The van der Waals surface area contributed by atoms with E-state index in [1.807, 2.05) is 12.3 Å². The first-order valence-corrected chi connectivity index (χ1v) is 8.13. The summed E-state index contributed by atoms with van der Waals surface area (Å²) < 4.78 is 2.43. The molecule has 0 radical (unpaired) electrons. The van der Waals surface area contributed by atoms with Crippen LogP contribution in [0.3, 0.4) is 0 Å². The molecule has 0 aliphatic rings. The molecular weight excluding hydrogens is 280 g/mol. The molecular formula is C21H20N2. The molecule has 2 nitrogen and oxygen atoms in total. The van der Waals surface area contributed by atoms with Gasteiger partial charge in [-0.15, -0.1) is 0 Å². The fraction of sp³-hybridized carbons (Fsp3) is 0.190. The van der Waals surface area contributed by atoms with E-state index in [1.165, 1.54) is 38.7 Å². The highest BCUT2D eigenvalue weighted by Gasteiger charge is 2.15. The van der Waals surface area contributed by atoms with Crippen LogP contribution >= 0.6 is 0 Å². The molecule has 0 bridgehead atoms. The highest BCUT2D eigenvalue weighted by Crippen LogP contribution is 2.34. The van der Waals surface area contributed by atoms with Gasteiger partial charge in [-0.25, -0.2) is 0 Å². The summed E-state index contributed by atoms with van der Waals surface area (Å²) >= 11 is 0. The smallest absolute Gasteiger partial charge is 0.0702 e. The number of hydrogen-bond donors (Lipinski definition) is 0. The summed E-state index contributed by atoms with van der Waals surface area (Å²) in [5, 5.41) is 2.53. The Morgan fingerprint density at radius 1 is 1.00 bits per heavy atom. The number of pyridine rings is 1. The van der Waals surface area contributed by atoms with E-state index < -0.39 is 0 Å². The van der Waals surface area contributed by atoms with Gasteiger partial charge in [0.1, 0.15) is 0 Å². The van der Waals surface area contributed by atoms with E-state index in [4.69, 9.17) is 0 Å². The van der Waals surface area contributed by atoms with Crippen LogP contribution in [0.25, 0.3) is 33.1 Å². The van der Waals surface area contributed by atoms with Crippen LogP contribution in [0, 0.1) is 13.8 Å². The lowest BCUT2D eigenvalue weighted by Gasteiger charge is -2.10. The largest absolute Gasteiger partial charge is 0.341 e. The first-order valence-electron chi connectivity index (χ1n) is 8.13. The summed E-state index contributed by atoms with van der Waals surface area (Å²) in [7, 11) is 0. The Balaban J connectivity index is 2.05. The van der Waals surface area contributed by atoms with Crippen LogP contribution in [0.1, 0.15) is 18.1 Å². The van der Waals surface area contributed by atoms with Gasteiger partial charge in [0.05, 0.1) is 11.2 Å². The number of fused-ring (bicyclic) bond motifs is 2. The predicted octanol–water partition coefficient (Wildman–Crippen LogP) is 5.49. The molecule has 2 heterocycles. The fourth-order valence-electron chi connectivity index (χ4n) is 3.56. The summed E-state index contributed by atoms with van der Waals surface area (Å²) in [6, 6.07) is 17.4. The van der Waals surface area contributed by atoms with E-state index >= 15 is 0 Å². The van der Waals surface area contributed by atoms with Gasteiger partial charge >= 0.3 is 0 Å². The van der Waals surface area contributed by atoms with Gasteiger partial charge in [0, 0.05) is 29.0 Å². The second-order valence-corrected chi connectivity index (χ2v) is 6.15. The average molecular weight is 300 g/mol. The van der Waals surface area contributed by atoms with Crippen molar-refractivity contribution in [2.75, 3.05) is 0 Å². The van der Waals surface area contributed by atoms with E-state index in [9.17, 15) is 0 Å². The molecule has 23 heavy (non-hydrogen) atoms. The Kier molecular flexibility index (Phi) is 3.19. The zero-order valence-corrected chi connectivity index (χ0v) is 13.8. The second-order valence-electron chi connectivity index (χ2n) is 6.15. The fourth-order valence-corrected chi connectivity index (χ4v) is 3.56. The summed E-state index contributed by atoms with van der Waals surface area (Å²) in [6.07, 6.45) is 1.85. The molecule has 0 aliphatic heterocycles. The molecule has 2 heteroatoms. The third-order valence-electron chi connectivity index (χ3n) is 4.67. The molecule has 0 saturated carbocycles. The average Bonchev–Trinajstić information content (AvgIpc) is 2.85. The summed E-state index contributed by atoms with van der Waals surface area (Å²) in [5.41, 5.74) is 7.61. The minimum absolute atomic E-state index is 0.966. The van der Waals surface area contributed by atoms with Gasteiger partial charge in [-0.3, -0.25) is 4.98 Å². The van der Waals surface area contributed by atoms with Crippen molar-refractivity contribution in [1.82, 2.24) is 9.55 Å². The minimum Gasteiger partial charge on any atom is -0.341 e. The Labute approximate surface area is 136 Å². The zero-order valence-electron chi connectivity index (χ0n) is 13.8. The molecule has 4 aromatic rings. The summed E-state index contributed by atoms with van der Waals surface area (Å²) in [5.74, 6) is 0. The highest BCUT2D eigenvalue weighted by atomic mass is 15.0. The molecule has 0 spiro atoms. The molecule has 0 atom stereocenters. The zero-order chi connectivity index (χ0) is 16.0. The quantitative estimate of drug-likeness (QED) is 0.478. The van der Waals surface area contributed by atoms with Crippen LogP contribution in [-0.4, -0.2) is 9.55 Å².